The highest BCUT2D eigenvalue weighted by Crippen LogP contribution is 2.19. The van der Waals surface area contributed by atoms with Crippen LogP contribution in [0.1, 0.15) is 15.2 Å². The molecular weight excluding hydrogens is 207 g/mol. The molecule has 1 rings (SSSR count). The minimum Gasteiger partial charge on any atom is -0.368 e. The third kappa shape index (κ3) is 2.53. The fourth-order valence-electron chi connectivity index (χ4n) is 0.903. The molecule has 0 spiro atoms. The Morgan fingerprint density at radius 1 is 1.64 bits per heavy atom. The van der Waals surface area contributed by atoms with Crippen molar-refractivity contribution in [2.75, 3.05) is 6.54 Å². The number of aryl methyl sites for hydroxylation is 1. The molecule has 6 heteroatoms. The molecule has 0 aromatic carbocycles. The van der Waals surface area contributed by atoms with Crippen molar-refractivity contribution in [2.24, 2.45) is 5.73 Å². The normalized spacial score (nSPS) is 9.86. The second kappa shape index (κ2) is 4.19. The number of hydrogen-bond acceptors (Lipinski definition) is 3. The molecule has 3 N–H and O–H groups in total. The standard InChI is InChI=1S/C8H9FN2O2S/c1-4-2-5(7(9)14-4)8(13)11-3-6(10)12/h2H,3H2,1H3,(H2,10,12)(H,11,13). The van der Waals surface area contributed by atoms with Gasteiger partial charge in [-0.2, -0.15) is 4.39 Å². The maximum absolute atomic E-state index is 13.0. The van der Waals surface area contributed by atoms with Gasteiger partial charge in [-0.1, -0.05) is 0 Å². The van der Waals surface area contributed by atoms with Crippen LogP contribution in [0.25, 0.3) is 0 Å². The Bertz CT molecular complexity index is 375. The quantitative estimate of drug-likeness (QED) is 0.768. The lowest BCUT2D eigenvalue weighted by atomic mass is 10.3. The average molecular weight is 216 g/mol. The monoisotopic (exact) mass is 216 g/mol. The lowest BCUT2D eigenvalue weighted by Gasteiger charge is -1.99. The van der Waals surface area contributed by atoms with Crippen LogP contribution in [-0.4, -0.2) is 18.4 Å². The van der Waals surface area contributed by atoms with Gasteiger partial charge in [0.2, 0.25) is 5.91 Å². The molecule has 0 radical (unpaired) electrons. The molecule has 0 saturated carbocycles. The lowest BCUT2D eigenvalue weighted by Crippen LogP contribution is -2.33. The van der Waals surface area contributed by atoms with Crippen LogP contribution in [0.2, 0.25) is 0 Å². The molecule has 0 aliphatic carbocycles. The van der Waals surface area contributed by atoms with E-state index in [1.54, 1.807) is 6.92 Å². The Balaban J connectivity index is 2.69. The Morgan fingerprint density at radius 2 is 2.29 bits per heavy atom. The van der Waals surface area contributed by atoms with Crippen molar-refractivity contribution in [3.63, 3.8) is 0 Å². The number of carbonyl (C=O) groups excluding carboxylic acids is 2. The maximum atomic E-state index is 13.0. The van der Waals surface area contributed by atoms with Crippen LogP contribution in [0, 0.1) is 12.1 Å². The third-order valence-corrected chi connectivity index (χ3v) is 2.32. The summed E-state index contributed by atoms with van der Waals surface area (Å²) >= 11 is 0.888. The van der Waals surface area contributed by atoms with Gasteiger partial charge in [-0.25, -0.2) is 0 Å². The molecule has 0 fully saturated rings. The third-order valence-electron chi connectivity index (χ3n) is 1.48. The molecule has 0 unspecified atom stereocenters. The summed E-state index contributed by atoms with van der Waals surface area (Å²) in [5, 5.41) is 1.65. The fraction of sp³-hybridized carbons (Fsp3) is 0.250. The van der Waals surface area contributed by atoms with E-state index in [4.69, 9.17) is 5.73 Å². The van der Waals surface area contributed by atoms with Gasteiger partial charge in [0.15, 0.2) is 5.13 Å². The van der Waals surface area contributed by atoms with E-state index < -0.39 is 16.9 Å². The first kappa shape index (κ1) is 10.6. The molecule has 14 heavy (non-hydrogen) atoms. The van der Waals surface area contributed by atoms with Crippen molar-refractivity contribution in [1.82, 2.24) is 5.32 Å². The summed E-state index contributed by atoms with van der Waals surface area (Å²) in [6.45, 7) is 1.41. The SMILES string of the molecule is Cc1cc(C(=O)NCC(N)=O)c(F)s1. The first-order valence-electron chi connectivity index (χ1n) is 3.83. The number of nitrogens with two attached hydrogens (primary N) is 1. The van der Waals surface area contributed by atoms with Crippen LogP contribution in [0.5, 0.6) is 0 Å². The minimum absolute atomic E-state index is 0.0475. The summed E-state index contributed by atoms with van der Waals surface area (Å²) in [4.78, 5) is 22.3. The largest absolute Gasteiger partial charge is 0.368 e. The van der Waals surface area contributed by atoms with Gasteiger partial charge in [-0.05, 0) is 13.0 Å². The van der Waals surface area contributed by atoms with Crippen LogP contribution >= 0.6 is 11.3 Å². The van der Waals surface area contributed by atoms with Crippen molar-refractivity contribution < 1.29 is 14.0 Å². The van der Waals surface area contributed by atoms with E-state index >= 15 is 0 Å². The Kier molecular flexibility index (Phi) is 3.19. The Morgan fingerprint density at radius 3 is 2.71 bits per heavy atom. The van der Waals surface area contributed by atoms with Gasteiger partial charge in [0.05, 0.1) is 12.1 Å². The van der Waals surface area contributed by atoms with Crippen molar-refractivity contribution in [3.8, 4) is 0 Å². The zero-order valence-electron chi connectivity index (χ0n) is 7.46. The molecule has 0 aliphatic rings. The second-order valence-electron chi connectivity index (χ2n) is 2.69. The van der Waals surface area contributed by atoms with Crippen LogP contribution in [0.15, 0.2) is 6.07 Å². The first-order valence-corrected chi connectivity index (χ1v) is 4.65. The molecule has 4 nitrogen and oxygen atoms in total. The van der Waals surface area contributed by atoms with Crippen molar-refractivity contribution in [2.45, 2.75) is 6.92 Å². The minimum atomic E-state index is -0.661. The molecule has 2 amide bonds. The van der Waals surface area contributed by atoms with Crippen LogP contribution in [0.3, 0.4) is 0 Å². The number of amides is 2. The zero-order valence-corrected chi connectivity index (χ0v) is 8.28. The predicted octanol–water partition coefficient (Wildman–Crippen LogP) is 0.411. The number of carbonyl (C=O) groups is 2. The lowest BCUT2D eigenvalue weighted by molar-refractivity contribution is -0.117. The van der Waals surface area contributed by atoms with Crippen molar-refractivity contribution >= 4 is 23.2 Å². The molecule has 76 valence electrons. The highest BCUT2D eigenvalue weighted by molar-refractivity contribution is 7.10. The van der Waals surface area contributed by atoms with Gasteiger partial charge in [0, 0.05) is 4.88 Å². The van der Waals surface area contributed by atoms with E-state index in [-0.39, 0.29) is 12.1 Å². The summed E-state index contributed by atoms with van der Waals surface area (Å²) < 4.78 is 13.0. The zero-order chi connectivity index (χ0) is 10.7. The van der Waals surface area contributed by atoms with Gasteiger partial charge < -0.3 is 11.1 Å². The highest BCUT2D eigenvalue weighted by Gasteiger charge is 2.14. The second-order valence-corrected chi connectivity index (χ2v) is 3.90. The summed E-state index contributed by atoms with van der Waals surface area (Å²) in [5.74, 6) is -1.28. The van der Waals surface area contributed by atoms with E-state index in [1.165, 1.54) is 6.07 Å². The van der Waals surface area contributed by atoms with Crippen LogP contribution in [-0.2, 0) is 4.79 Å². The number of thiophene rings is 1. The number of rotatable bonds is 3. The molecule has 0 bridgehead atoms. The summed E-state index contributed by atoms with van der Waals surface area (Å²) in [5.41, 5.74) is 4.77. The molecule has 0 aliphatic heterocycles. The molecule has 1 aromatic heterocycles. The van der Waals surface area contributed by atoms with E-state index in [0.29, 0.717) is 4.88 Å². The number of hydrogen-bond donors (Lipinski definition) is 2. The van der Waals surface area contributed by atoms with Crippen LogP contribution < -0.4 is 11.1 Å². The van der Waals surface area contributed by atoms with Gasteiger partial charge in [-0.3, -0.25) is 9.59 Å². The van der Waals surface area contributed by atoms with E-state index in [0.717, 1.165) is 11.3 Å². The van der Waals surface area contributed by atoms with Gasteiger partial charge in [0.1, 0.15) is 0 Å². The molecule has 1 heterocycles. The van der Waals surface area contributed by atoms with Crippen LogP contribution in [0.4, 0.5) is 4.39 Å². The summed E-state index contributed by atoms with van der Waals surface area (Å²) in [7, 11) is 0. The highest BCUT2D eigenvalue weighted by atomic mass is 32.1. The average Bonchev–Trinajstić information content (AvgIpc) is 2.41. The molecule has 0 saturated heterocycles. The van der Waals surface area contributed by atoms with E-state index in [1.807, 2.05) is 0 Å². The topological polar surface area (TPSA) is 72.2 Å². The Labute approximate surface area is 83.9 Å². The van der Waals surface area contributed by atoms with E-state index in [9.17, 15) is 14.0 Å². The number of nitrogens with one attached hydrogen (secondary N) is 1. The van der Waals surface area contributed by atoms with E-state index in [2.05, 4.69) is 5.32 Å². The van der Waals surface area contributed by atoms with Crippen molar-refractivity contribution in [1.29, 1.82) is 0 Å². The maximum Gasteiger partial charge on any atom is 0.255 e. The number of halogens is 1. The van der Waals surface area contributed by atoms with Gasteiger partial charge in [-0.15, -0.1) is 11.3 Å². The smallest absolute Gasteiger partial charge is 0.255 e. The fourth-order valence-corrected chi connectivity index (χ4v) is 1.62. The summed E-state index contributed by atoms with van der Waals surface area (Å²) in [6.07, 6.45) is 0. The molecular formula is C8H9FN2O2S. The molecule has 1 aromatic rings. The Hall–Kier alpha value is -1.43. The van der Waals surface area contributed by atoms with Gasteiger partial charge >= 0.3 is 0 Å². The first-order chi connectivity index (χ1) is 6.50. The molecule has 0 atom stereocenters. The summed E-state index contributed by atoms with van der Waals surface area (Å²) in [6, 6.07) is 1.43. The predicted molar refractivity (Wildman–Crippen MR) is 50.5 cm³/mol. The van der Waals surface area contributed by atoms with Gasteiger partial charge in [0.25, 0.3) is 5.91 Å². The van der Waals surface area contributed by atoms with Crippen molar-refractivity contribution in [3.05, 3.63) is 21.6 Å². The number of primary amides is 1.